The first-order valence-electron chi connectivity index (χ1n) is 5.82. The predicted octanol–water partition coefficient (Wildman–Crippen LogP) is 3.40. The standard InChI is InChI=1S/C13H15BrN2/c14-10-1-2-11-12(8-16-13(11)7-10)9-3-5-15-6-4-9/h1-2,7-9,15-16H,3-6H2. The Bertz CT molecular complexity index is 498. The molecule has 0 bridgehead atoms. The second-order valence-corrected chi connectivity index (χ2v) is 5.37. The van der Waals surface area contributed by atoms with E-state index in [2.05, 4.69) is 50.6 Å². The molecule has 1 aliphatic rings. The molecule has 0 radical (unpaired) electrons. The van der Waals surface area contributed by atoms with Crippen LogP contribution in [0.25, 0.3) is 10.9 Å². The Hall–Kier alpha value is -0.800. The lowest BCUT2D eigenvalue weighted by molar-refractivity contribution is 0.462. The van der Waals surface area contributed by atoms with Crippen LogP contribution in [0.15, 0.2) is 28.9 Å². The highest BCUT2D eigenvalue weighted by Crippen LogP contribution is 2.32. The van der Waals surface area contributed by atoms with Gasteiger partial charge in [0.05, 0.1) is 0 Å². The van der Waals surface area contributed by atoms with Crippen molar-refractivity contribution in [2.75, 3.05) is 13.1 Å². The number of nitrogens with one attached hydrogen (secondary N) is 2. The van der Waals surface area contributed by atoms with Crippen molar-refractivity contribution in [2.45, 2.75) is 18.8 Å². The average molecular weight is 279 g/mol. The molecule has 1 aromatic heterocycles. The van der Waals surface area contributed by atoms with Gasteiger partial charge >= 0.3 is 0 Å². The number of hydrogen-bond donors (Lipinski definition) is 2. The first-order chi connectivity index (χ1) is 7.84. The topological polar surface area (TPSA) is 27.8 Å². The van der Waals surface area contributed by atoms with Gasteiger partial charge in [-0.2, -0.15) is 0 Å². The Labute approximate surface area is 104 Å². The highest BCUT2D eigenvalue weighted by atomic mass is 79.9. The summed E-state index contributed by atoms with van der Waals surface area (Å²) in [6.45, 7) is 2.29. The highest BCUT2D eigenvalue weighted by molar-refractivity contribution is 9.10. The zero-order chi connectivity index (χ0) is 11.0. The van der Waals surface area contributed by atoms with Crippen molar-refractivity contribution < 1.29 is 0 Å². The van der Waals surface area contributed by atoms with Gasteiger partial charge in [0.15, 0.2) is 0 Å². The number of halogens is 1. The van der Waals surface area contributed by atoms with Crippen LogP contribution >= 0.6 is 15.9 Å². The Balaban J connectivity index is 2.03. The molecule has 1 fully saturated rings. The van der Waals surface area contributed by atoms with Gasteiger partial charge in [0.1, 0.15) is 0 Å². The molecule has 0 saturated carbocycles. The summed E-state index contributed by atoms with van der Waals surface area (Å²) < 4.78 is 1.14. The molecule has 2 N–H and O–H groups in total. The van der Waals surface area contributed by atoms with Gasteiger partial charge in [-0.25, -0.2) is 0 Å². The van der Waals surface area contributed by atoms with Crippen molar-refractivity contribution in [1.29, 1.82) is 0 Å². The van der Waals surface area contributed by atoms with Crippen LogP contribution in [0, 0.1) is 0 Å². The van der Waals surface area contributed by atoms with E-state index in [0.29, 0.717) is 0 Å². The lowest BCUT2D eigenvalue weighted by atomic mass is 9.90. The first kappa shape index (κ1) is 10.4. The summed E-state index contributed by atoms with van der Waals surface area (Å²) in [5, 5.41) is 4.80. The van der Waals surface area contributed by atoms with Crippen LogP contribution in [0.1, 0.15) is 24.3 Å². The molecular formula is C13H15BrN2. The van der Waals surface area contributed by atoms with Crippen molar-refractivity contribution in [3.05, 3.63) is 34.4 Å². The molecule has 84 valence electrons. The first-order valence-corrected chi connectivity index (χ1v) is 6.61. The van der Waals surface area contributed by atoms with E-state index >= 15 is 0 Å². The molecule has 0 amide bonds. The minimum Gasteiger partial charge on any atom is -0.361 e. The highest BCUT2D eigenvalue weighted by Gasteiger charge is 2.18. The van der Waals surface area contributed by atoms with Crippen LogP contribution < -0.4 is 5.32 Å². The number of hydrogen-bond acceptors (Lipinski definition) is 1. The van der Waals surface area contributed by atoms with Crippen molar-refractivity contribution in [1.82, 2.24) is 10.3 Å². The Morgan fingerprint density at radius 1 is 1.19 bits per heavy atom. The summed E-state index contributed by atoms with van der Waals surface area (Å²) in [5.74, 6) is 0.719. The molecule has 3 rings (SSSR count). The van der Waals surface area contributed by atoms with E-state index in [9.17, 15) is 0 Å². The van der Waals surface area contributed by atoms with Gasteiger partial charge in [0.25, 0.3) is 0 Å². The molecule has 2 nitrogen and oxygen atoms in total. The number of benzene rings is 1. The zero-order valence-corrected chi connectivity index (χ0v) is 10.7. The van der Waals surface area contributed by atoms with Crippen LogP contribution in [0.2, 0.25) is 0 Å². The van der Waals surface area contributed by atoms with Crippen LogP contribution in [0.3, 0.4) is 0 Å². The lowest BCUT2D eigenvalue weighted by Gasteiger charge is -2.22. The third kappa shape index (κ3) is 1.78. The monoisotopic (exact) mass is 278 g/mol. The van der Waals surface area contributed by atoms with Crippen LogP contribution in [-0.2, 0) is 0 Å². The molecule has 0 unspecified atom stereocenters. The van der Waals surface area contributed by atoms with Gasteiger partial charge < -0.3 is 10.3 Å². The van der Waals surface area contributed by atoms with Gasteiger partial charge in [0, 0.05) is 21.6 Å². The van der Waals surface area contributed by atoms with Crippen molar-refractivity contribution >= 4 is 26.8 Å². The quantitative estimate of drug-likeness (QED) is 0.822. The van der Waals surface area contributed by atoms with E-state index in [-0.39, 0.29) is 0 Å². The fourth-order valence-corrected chi connectivity index (χ4v) is 2.95. The molecule has 1 aromatic carbocycles. The van der Waals surface area contributed by atoms with Gasteiger partial charge in [-0.1, -0.05) is 22.0 Å². The molecule has 0 atom stereocenters. The van der Waals surface area contributed by atoms with E-state index < -0.39 is 0 Å². The fourth-order valence-electron chi connectivity index (χ4n) is 2.59. The maximum absolute atomic E-state index is 3.51. The second-order valence-electron chi connectivity index (χ2n) is 4.46. The Morgan fingerprint density at radius 3 is 2.81 bits per heavy atom. The second kappa shape index (κ2) is 4.22. The smallest absolute Gasteiger partial charge is 0.0468 e. The molecule has 3 heteroatoms. The number of fused-ring (bicyclic) bond motifs is 1. The minimum atomic E-state index is 0.719. The van der Waals surface area contributed by atoms with Gasteiger partial charge in [-0.15, -0.1) is 0 Å². The number of rotatable bonds is 1. The van der Waals surface area contributed by atoms with Crippen molar-refractivity contribution in [2.24, 2.45) is 0 Å². The zero-order valence-electron chi connectivity index (χ0n) is 9.09. The molecule has 0 spiro atoms. The maximum atomic E-state index is 3.51. The Morgan fingerprint density at radius 2 is 2.00 bits per heavy atom. The summed E-state index contributed by atoms with van der Waals surface area (Å²) >= 11 is 3.51. The molecule has 0 aliphatic carbocycles. The maximum Gasteiger partial charge on any atom is 0.0468 e. The Kier molecular flexibility index (Phi) is 2.74. The van der Waals surface area contributed by atoms with Crippen LogP contribution in [0.4, 0.5) is 0 Å². The SMILES string of the molecule is Brc1ccc2c(C3CCNCC3)c[nH]c2c1. The molecule has 16 heavy (non-hydrogen) atoms. The summed E-state index contributed by atoms with van der Waals surface area (Å²) in [6, 6.07) is 6.49. The molecule has 2 aromatic rings. The van der Waals surface area contributed by atoms with Crippen molar-refractivity contribution in [3.8, 4) is 0 Å². The van der Waals surface area contributed by atoms with Crippen molar-refractivity contribution in [3.63, 3.8) is 0 Å². The normalized spacial score (nSPS) is 18.1. The molecular weight excluding hydrogens is 264 g/mol. The molecule has 1 saturated heterocycles. The third-order valence-electron chi connectivity index (χ3n) is 3.45. The predicted molar refractivity (Wildman–Crippen MR) is 70.8 cm³/mol. The summed E-state index contributed by atoms with van der Waals surface area (Å²) in [4.78, 5) is 3.38. The summed E-state index contributed by atoms with van der Waals surface area (Å²) in [7, 11) is 0. The average Bonchev–Trinajstić information content (AvgIpc) is 2.73. The number of H-pyrrole nitrogens is 1. The van der Waals surface area contributed by atoms with Crippen LogP contribution in [-0.4, -0.2) is 18.1 Å². The van der Waals surface area contributed by atoms with E-state index in [1.54, 1.807) is 0 Å². The lowest BCUT2D eigenvalue weighted by Crippen LogP contribution is -2.26. The van der Waals surface area contributed by atoms with Gasteiger partial charge in [0.2, 0.25) is 0 Å². The molecule has 2 heterocycles. The number of aromatic amines is 1. The van der Waals surface area contributed by atoms with Crippen LogP contribution in [0.5, 0.6) is 0 Å². The minimum absolute atomic E-state index is 0.719. The van der Waals surface area contributed by atoms with E-state index in [4.69, 9.17) is 0 Å². The van der Waals surface area contributed by atoms with Gasteiger partial charge in [-0.05, 0) is 49.5 Å². The number of piperidine rings is 1. The van der Waals surface area contributed by atoms with Gasteiger partial charge in [-0.3, -0.25) is 0 Å². The number of aromatic nitrogens is 1. The fraction of sp³-hybridized carbons (Fsp3) is 0.385. The van der Waals surface area contributed by atoms with E-state index in [1.807, 2.05) is 0 Å². The van der Waals surface area contributed by atoms with E-state index in [0.717, 1.165) is 23.5 Å². The summed E-state index contributed by atoms with van der Waals surface area (Å²) in [5.41, 5.74) is 2.73. The summed E-state index contributed by atoms with van der Waals surface area (Å²) in [6.07, 6.45) is 4.69. The van der Waals surface area contributed by atoms with E-state index in [1.165, 1.54) is 29.3 Å². The third-order valence-corrected chi connectivity index (χ3v) is 3.95. The molecule has 1 aliphatic heterocycles. The largest absolute Gasteiger partial charge is 0.361 e.